The van der Waals surface area contributed by atoms with E-state index in [0.29, 0.717) is 43.4 Å². The molecule has 0 spiro atoms. The first-order valence-corrected chi connectivity index (χ1v) is 22.3. The smallest absolute Gasteiger partial charge is 0.223 e. The van der Waals surface area contributed by atoms with Gasteiger partial charge in [0.05, 0.1) is 47.3 Å². The lowest BCUT2D eigenvalue weighted by Gasteiger charge is -2.56. The van der Waals surface area contributed by atoms with Gasteiger partial charge >= 0.3 is 0 Å². The van der Waals surface area contributed by atoms with Gasteiger partial charge in [0.15, 0.2) is 0 Å². The number of aliphatic hydroxyl groups is 1. The molecule has 0 amide bonds. The van der Waals surface area contributed by atoms with Crippen molar-refractivity contribution in [3.63, 3.8) is 0 Å². The lowest BCUT2D eigenvalue weighted by Crippen LogP contribution is -2.73. The first-order valence-electron chi connectivity index (χ1n) is 21.9. The van der Waals surface area contributed by atoms with E-state index >= 15 is 0 Å². The van der Waals surface area contributed by atoms with Crippen molar-refractivity contribution in [3.05, 3.63) is 124 Å². The summed E-state index contributed by atoms with van der Waals surface area (Å²) in [5, 5.41) is 14.1. The summed E-state index contributed by atoms with van der Waals surface area (Å²) in [4.78, 5) is 0. The summed E-state index contributed by atoms with van der Waals surface area (Å²) in [5.74, 6) is 0.250. The molecular weight excluding hydrogens is 796 g/mol. The first-order chi connectivity index (χ1) is 29.7. The fraction of sp³-hybridized carbons (Fsp3) is 0.520. The summed E-state index contributed by atoms with van der Waals surface area (Å²) >= 11 is 6.93. The molecule has 0 saturated carbocycles. The molecule has 5 rings (SSSR count). The fourth-order valence-corrected chi connectivity index (χ4v) is 7.63. The highest BCUT2D eigenvalue weighted by molar-refractivity contribution is 6.31. The highest BCUT2D eigenvalue weighted by atomic mass is 35.5. The van der Waals surface area contributed by atoms with E-state index in [1.165, 1.54) is 0 Å². The molecule has 1 aliphatic heterocycles. The van der Waals surface area contributed by atoms with E-state index in [0.717, 1.165) is 78.0 Å². The average molecular weight is 864 g/mol. The molecule has 0 aliphatic carbocycles. The molecule has 1 heterocycles. The summed E-state index contributed by atoms with van der Waals surface area (Å²) < 4.78 is 57.5. The van der Waals surface area contributed by atoms with Crippen LogP contribution in [-0.2, 0) is 53.8 Å². The SMILES string of the molecule is CCCCOC1[C@@H](OCCCC)[C@H](OCCCC)C(COCc2ccc(OC)cc2)(COCc2ccc(OC)cc2)OC1(O)c1ccc(Cl)c(Cc2ccc(OCC)cc2)c1. The summed E-state index contributed by atoms with van der Waals surface area (Å²) in [6.45, 7) is 10.7. The Hall–Kier alpha value is -3.71. The van der Waals surface area contributed by atoms with Crippen LogP contribution in [0, 0.1) is 0 Å². The maximum atomic E-state index is 13.5. The minimum Gasteiger partial charge on any atom is -0.497 e. The Morgan fingerprint density at radius 3 is 1.61 bits per heavy atom. The Kier molecular flexibility index (Phi) is 19.7. The van der Waals surface area contributed by atoms with Crippen LogP contribution in [0.5, 0.6) is 17.2 Å². The monoisotopic (exact) mass is 862 g/mol. The maximum Gasteiger partial charge on any atom is 0.223 e. The summed E-state index contributed by atoms with van der Waals surface area (Å²) in [6.07, 6.45) is 3.13. The van der Waals surface area contributed by atoms with Gasteiger partial charge in [-0.25, -0.2) is 0 Å². The van der Waals surface area contributed by atoms with Gasteiger partial charge in [0.1, 0.15) is 41.2 Å². The summed E-state index contributed by atoms with van der Waals surface area (Å²) in [6, 6.07) is 29.0. The standard InChI is InChI=1S/C50H67ClO10/c1-7-11-28-58-46-47(59-29-12-8-2)49(35-55-33-38-16-21-42(53-5)22-17-38,36-56-34-39-18-23-43(54-6)24-19-39)61-50(52,48(46)60-30-13-9-3)41-20-27-45(51)40(32-41)31-37-14-25-44(26-15-37)57-10-4/h14-27,32,46-48,52H,7-13,28-31,33-36H2,1-6H3/t46-,47-,48?,50?/m0/s1. The van der Waals surface area contributed by atoms with Crippen LogP contribution in [0.4, 0.5) is 0 Å². The number of methoxy groups -OCH3 is 2. The lowest BCUT2D eigenvalue weighted by molar-refractivity contribution is -0.411. The van der Waals surface area contributed by atoms with E-state index < -0.39 is 29.7 Å². The van der Waals surface area contributed by atoms with Gasteiger partial charge in [0, 0.05) is 30.4 Å². The number of ether oxygens (including phenoxy) is 9. The minimum absolute atomic E-state index is 0.00267. The molecule has 4 aromatic carbocycles. The highest BCUT2D eigenvalue weighted by Crippen LogP contribution is 2.47. The zero-order chi connectivity index (χ0) is 43.5. The molecule has 2 unspecified atom stereocenters. The Bertz CT molecular complexity index is 1780. The molecule has 11 heteroatoms. The molecule has 4 atom stereocenters. The topological polar surface area (TPSA) is 103 Å². The molecule has 334 valence electrons. The van der Waals surface area contributed by atoms with Crippen molar-refractivity contribution in [1.82, 2.24) is 0 Å². The zero-order valence-corrected chi connectivity index (χ0v) is 37.8. The summed E-state index contributed by atoms with van der Waals surface area (Å²) in [7, 11) is 3.28. The largest absolute Gasteiger partial charge is 0.497 e. The zero-order valence-electron chi connectivity index (χ0n) is 37.0. The number of halogens is 1. The van der Waals surface area contributed by atoms with Crippen molar-refractivity contribution in [3.8, 4) is 17.2 Å². The highest BCUT2D eigenvalue weighted by Gasteiger charge is 2.64. The Morgan fingerprint density at radius 2 is 1.10 bits per heavy atom. The third-order valence-corrected chi connectivity index (χ3v) is 11.3. The van der Waals surface area contributed by atoms with E-state index in [9.17, 15) is 5.11 Å². The molecular formula is C50H67ClO10. The molecule has 1 fully saturated rings. The molecule has 1 N–H and O–H groups in total. The number of benzene rings is 4. The van der Waals surface area contributed by atoms with Gasteiger partial charge in [-0.05, 0) is 103 Å². The maximum absolute atomic E-state index is 13.5. The number of unbranched alkanes of at least 4 members (excludes halogenated alkanes) is 3. The van der Waals surface area contributed by atoms with Gasteiger partial charge in [-0.15, -0.1) is 0 Å². The van der Waals surface area contributed by atoms with Crippen LogP contribution in [0.15, 0.2) is 91.0 Å². The van der Waals surface area contributed by atoms with E-state index in [1.54, 1.807) is 14.2 Å². The van der Waals surface area contributed by atoms with Gasteiger partial charge in [-0.3, -0.25) is 0 Å². The number of rotatable bonds is 27. The van der Waals surface area contributed by atoms with E-state index in [2.05, 4.69) is 20.8 Å². The summed E-state index contributed by atoms with van der Waals surface area (Å²) in [5.41, 5.74) is 2.82. The minimum atomic E-state index is -2.06. The van der Waals surface area contributed by atoms with Crippen LogP contribution in [0.25, 0.3) is 0 Å². The van der Waals surface area contributed by atoms with Crippen molar-refractivity contribution in [1.29, 1.82) is 0 Å². The lowest BCUT2D eigenvalue weighted by atomic mass is 9.80. The number of hydrogen-bond acceptors (Lipinski definition) is 10. The van der Waals surface area contributed by atoms with Gasteiger partial charge < -0.3 is 47.7 Å². The van der Waals surface area contributed by atoms with Crippen molar-refractivity contribution < 1.29 is 47.7 Å². The molecule has 0 bridgehead atoms. The predicted molar refractivity (Wildman–Crippen MR) is 239 cm³/mol. The fourth-order valence-electron chi connectivity index (χ4n) is 7.45. The average Bonchev–Trinajstić information content (AvgIpc) is 3.27. The van der Waals surface area contributed by atoms with Gasteiger partial charge in [-0.1, -0.05) is 94.1 Å². The molecule has 1 aliphatic rings. The van der Waals surface area contributed by atoms with Crippen molar-refractivity contribution in [2.75, 3.05) is 53.9 Å². The third kappa shape index (κ3) is 13.4. The normalized spacial score (nSPS) is 19.8. The second-order valence-electron chi connectivity index (χ2n) is 15.6. The van der Waals surface area contributed by atoms with Gasteiger partial charge in [0.2, 0.25) is 5.79 Å². The quantitative estimate of drug-likeness (QED) is 0.0583. The third-order valence-electron chi connectivity index (χ3n) is 10.9. The van der Waals surface area contributed by atoms with E-state index in [1.807, 2.05) is 97.9 Å². The van der Waals surface area contributed by atoms with Gasteiger partial charge in [0.25, 0.3) is 0 Å². The Morgan fingerprint density at radius 1 is 0.607 bits per heavy atom. The second kappa shape index (κ2) is 24.8. The van der Waals surface area contributed by atoms with Crippen LogP contribution in [0.2, 0.25) is 5.02 Å². The second-order valence-corrected chi connectivity index (χ2v) is 16.0. The Labute approximate surface area is 368 Å². The van der Waals surface area contributed by atoms with E-state index in [4.69, 9.17) is 54.2 Å². The van der Waals surface area contributed by atoms with Crippen LogP contribution in [0.3, 0.4) is 0 Å². The molecule has 61 heavy (non-hydrogen) atoms. The van der Waals surface area contributed by atoms with Crippen LogP contribution in [0.1, 0.15) is 94.0 Å². The van der Waals surface area contributed by atoms with Gasteiger partial charge in [-0.2, -0.15) is 0 Å². The molecule has 4 aromatic rings. The molecule has 1 saturated heterocycles. The van der Waals surface area contributed by atoms with Crippen LogP contribution >= 0.6 is 11.6 Å². The van der Waals surface area contributed by atoms with Crippen LogP contribution in [-0.4, -0.2) is 82.9 Å². The predicted octanol–water partition coefficient (Wildman–Crippen LogP) is 10.3. The van der Waals surface area contributed by atoms with Crippen molar-refractivity contribution in [2.24, 2.45) is 0 Å². The van der Waals surface area contributed by atoms with Crippen molar-refractivity contribution in [2.45, 2.75) is 116 Å². The Balaban J connectivity index is 1.62. The number of hydrogen-bond donors (Lipinski definition) is 1. The molecule has 0 radical (unpaired) electrons. The molecule has 10 nitrogen and oxygen atoms in total. The van der Waals surface area contributed by atoms with Crippen molar-refractivity contribution >= 4 is 11.6 Å². The molecule has 0 aromatic heterocycles. The first kappa shape index (κ1) is 48.3. The van der Waals surface area contributed by atoms with Crippen LogP contribution < -0.4 is 14.2 Å². The van der Waals surface area contributed by atoms with E-state index in [-0.39, 0.29) is 26.4 Å².